The van der Waals surface area contributed by atoms with Crippen LogP contribution < -0.4 is 0 Å². The van der Waals surface area contributed by atoms with E-state index in [1.54, 1.807) is 0 Å². The van der Waals surface area contributed by atoms with Crippen molar-refractivity contribution >= 4 is 29.5 Å². The minimum atomic E-state index is -0.123. The third-order valence-corrected chi connectivity index (χ3v) is 7.06. The Labute approximate surface area is 137 Å². The highest BCUT2D eigenvalue weighted by Gasteiger charge is 2.42. The third-order valence-electron chi connectivity index (χ3n) is 3.77. The van der Waals surface area contributed by atoms with Crippen LogP contribution in [-0.4, -0.2) is 25.1 Å². The van der Waals surface area contributed by atoms with E-state index >= 15 is 0 Å². The number of hydrogen-bond donors (Lipinski definition) is 0. The standard InChI is InChI=1S/C17H26O2S2/c1-6-19-16(18)12-15(13(2)3)17(20-4,21-5)14-10-8-7-9-11-14/h7-11,13,15H,6,12H2,1-5H3/t15-/m0/s1. The number of ether oxygens (including phenoxy) is 1. The van der Waals surface area contributed by atoms with Crippen LogP contribution in [-0.2, 0) is 13.6 Å². The lowest BCUT2D eigenvalue weighted by atomic mass is 9.85. The van der Waals surface area contributed by atoms with E-state index in [9.17, 15) is 4.79 Å². The van der Waals surface area contributed by atoms with E-state index in [0.717, 1.165) is 0 Å². The molecule has 0 N–H and O–H groups in total. The quantitative estimate of drug-likeness (QED) is 0.507. The molecule has 0 amide bonds. The molecule has 0 spiro atoms. The summed E-state index contributed by atoms with van der Waals surface area (Å²) in [5, 5.41) is 0. The van der Waals surface area contributed by atoms with Crippen molar-refractivity contribution in [2.75, 3.05) is 19.1 Å². The van der Waals surface area contributed by atoms with Crippen molar-refractivity contribution < 1.29 is 9.53 Å². The molecular formula is C17H26O2S2. The zero-order chi connectivity index (χ0) is 15.9. The summed E-state index contributed by atoms with van der Waals surface area (Å²) in [6.45, 7) is 6.68. The average molecular weight is 327 g/mol. The first-order valence-electron chi connectivity index (χ1n) is 7.33. The first-order chi connectivity index (χ1) is 10.0. The lowest BCUT2D eigenvalue weighted by Crippen LogP contribution is -2.34. The molecule has 0 radical (unpaired) electrons. The largest absolute Gasteiger partial charge is 0.466 e. The summed E-state index contributed by atoms with van der Waals surface area (Å²) in [6.07, 6.45) is 4.72. The van der Waals surface area contributed by atoms with Crippen LogP contribution in [0.15, 0.2) is 30.3 Å². The molecule has 0 aliphatic heterocycles. The molecular weight excluding hydrogens is 300 g/mol. The van der Waals surface area contributed by atoms with Gasteiger partial charge in [0, 0.05) is 0 Å². The summed E-state index contributed by atoms with van der Waals surface area (Å²) in [6, 6.07) is 10.5. The molecule has 0 aromatic heterocycles. The second-order valence-electron chi connectivity index (χ2n) is 5.30. The van der Waals surface area contributed by atoms with Crippen molar-refractivity contribution in [3.8, 4) is 0 Å². The van der Waals surface area contributed by atoms with Crippen LogP contribution in [0, 0.1) is 11.8 Å². The number of thioether (sulfide) groups is 2. The molecule has 0 saturated heterocycles. The van der Waals surface area contributed by atoms with Gasteiger partial charge in [-0.05, 0) is 36.8 Å². The zero-order valence-corrected chi connectivity index (χ0v) is 15.2. The molecule has 21 heavy (non-hydrogen) atoms. The fraction of sp³-hybridized carbons (Fsp3) is 0.588. The molecule has 0 fully saturated rings. The lowest BCUT2D eigenvalue weighted by Gasteiger charge is -2.40. The van der Waals surface area contributed by atoms with E-state index in [2.05, 4.69) is 50.6 Å². The van der Waals surface area contributed by atoms with Crippen molar-refractivity contribution in [2.45, 2.75) is 31.3 Å². The highest BCUT2D eigenvalue weighted by molar-refractivity contribution is 8.16. The molecule has 0 saturated carbocycles. The van der Waals surface area contributed by atoms with Crippen LogP contribution in [0.4, 0.5) is 0 Å². The van der Waals surface area contributed by atoms with Crippen molar-refractivity contribution in [3.63, 3.8) is 0 Å². The van der Waals surface area contributed by atoms with Gasteiger partial charge in [-0.25, -0.2) is 0 Å². The molecule has 0 unspecified atom stereocenters. The first kappa shape index (κ1) is 18.4. The fourth-order valence-electron chi connectivity index (χ4n) is 2.71. The number of rotatable bonds is 8. The van der Waals surface area contributed by atoms with Crippen LogP contribution in [0.3, 0.4) is 0 Å². The monoisotopic (exact) mass is 326 g/mol. The Hall–Kier alpha value is -0.610. The van der Waals surface area contributed by atoms with Crippen LogP contribution >= 0.6 is 23.5 Å². The summed E-state index contributed by atoms with van der Waals surface area (Å²) in [4.78, 5) is 12.0. The minimum absolute atomic E-state index is 0.0976. The third kappa shape index (κ3) is 4.43. The normalized spacial score (nSPS) is 13.2. The average Bonchev–Trinajstić information content (AvgIpc) is 2.49. The van der Waals surface area contributed by atoms with Gasteiger partial charge < -0.3 is 4.74 Å². The summed E-state index contributed by atoms with van der Waals surface area (Å²) >= 11 is 3.64. The summed E-state index contributed by atoms with van der Waals surface area (Å²) in [5.41, 5.74) is 1.27. The number of hydrogen-bond acceptors (Lipinski definition) is 4. The molecule has 0 bridgehead atoms. The maximum absolute atomic E-state index is 12.0. The Kier molecular flexibility index (Phi) is 7.67. The Morgan fingerprint density at radius 2 is 1.76 bits per heavy atom. The van der Waals surface area contributed by atoms with E-state index in [1.807, 2.05) is 36.5 Å². The minimum Gasteiger partial charge on any atom is -0.466 e. The predicted molar refractivity (Wildman–Crippen MR) is 94.7 cm³/mol. The van der Waals surface area contributed by atoms with Crippen molar-refractivity contribution in [1.82, 2.24) is 0 Å². The van der Waals surface area contributed by atoms with Gasteiger partial charge in [-0.15, -0.1) is 23.5 Å². The van der Waals surface area contributed by atoms with Gasteiger partial charge in [-0.1, -0.05) is 44.2 Å². The van der Waals surface area contributed by atoms with Gasteiger partial charge in [-0.2, -0.15) is 0 Å². The molecule has 4 heteroatoms. The van der Waals surface area contributed by atoms with Crippen LogP contribution in [0.25, 0.3) is 0 Å². The van der Waals surface area contributed by atoms with Gasteiger partial charge in [0.05, 0.1) is 17.1 Å². The maximum atomic E-state index is 12.0. The Morgan fingerprint density at radius 1 is 1.19 bits per heavy atom. The predicted octanol–water partition coefficient (Wildman–Crippen LogP) is 4.79. The van der Waals surface area contributed by atoms with E-state index in [1.165, 1.54) is 5.56 Å². The van der Waals surface area contributed by atoms with E-state index in [0.29, 0.717) is 18.9 Å². The molecule has 118 valence electrons. The summed E-state index contributed by atoms with van der Waals surface area (Å²) in [7, 11) is 0. The summed E-state index contributed by atoms with van der Waals surface area (Å²) in [5.74, 6) is 0.526. The van der Waals surface area contributed by atoms with Crippen molar-refractivity contribution in [1.29, 1.82) is 0 Å². The maximum Gasteiger partial charge on any atom is 0.306 e. The second-order valence-corrected chi connectivity index (χ2v) is 7.66. The second kappa shape index (κ2) is 8.74. The highest BCUT2D eigenvalue weighted by atomic mass is 32.2. The molecule has 1 atom stereocenters. The number of benzene rings is 1. The van der Waals surface area contributed by atoms with Crippen LogP contribution in [0.2, 0.25) is 0 Å². The van der Waals surface area contributed by atoms with E-state index in [-0.39, 0.29) is 16.0 Å². The number of carbonyl (C=O) groups excluding carboxylic acids is 1. The smallest absolute Gasteiger partial charge is 0.306 e. The van der Waals surface area contributed by atoms with Crippen LogP contribution in [0.1, 0.15) is 32.8 Å². The molecule has 0 heterocycles. The van der Waals surface area contributed by atoms with Gasteiger partial charge in [0.2, 0.25) is 0 Å². The molecule has 0 aliphatic rings. The first-order valence-corrected chi connectivity index (χ1v) is 9.78. The van der Waals surface area contributed by atoms with Gasteiger partial charge in [0.15, 0.2) is 0 Å². The topological polar surface area (TPSA) is 26.3 Å². The SMILES string of the molecule is CCOC(=O)C[C@@H](C(C)C)C(SC)(SC)c1ccccc1. The van der Waals surface area contributed by atoms with E-state index in [4.69, 9.17) is 4.74 Å². The number of carbonyl (C=O) groups is 1. The van der Waals surface area contributed by atoms with Crippen molar-refractivity contribution in [2.24, 2.45) is 11.8 Å². The molecule has 1 aromatic carbocycles. The number of esters is 1. The summed E-state index contributed by atoms with van der Waals surface area (Å²) < 4.78 is 5.06. The van der Waals surface area contributed by atoms with E-state index < -0.39 is 0 Å². The van der Waals surface area contributed by atoms with Crippen LogP contribution in [0.5, 0.6) is 0 Å². The Balaban J connectivity index is 3.17. The molecule has 2 nitrogen and oxygen atoms in total. The van der Waals surface area contributed by atoms with Gasteiger partial charge >= 0.3 is 5.97 Å². The molecule has 1 aromatic rings. The highest BCUT2D eigenvalue weighted by Crippen LogP contribution is 2.53. The van der Waals surface area contributed by atoms with Gasteiger partial charge in [0.25, 0.3) is 0 Å². The Morgan fingerprint density at radius 3 is 2.19 bits per heavy atom. The van der Waals surface area contributed by atoms with Crippen molar-refractivity contribution in [3.05, 3.63) is 35.9 Å². The zero-order valence-electron chi connectivity index (χ0n) is 13.6. The lowest BCUT2D eigenvalue weighted by molar-refractivity contribution is -0.144. The van der Waals surface area contributed by atoms with Gasteiger partial charge in [-0.3, -0.25) is 4.79 Å². The Bertz CT molecular complexity index is 428. The van der Waals surface area contributed by atoms with Gasteiger partial charge in [0.1, 0.15) is 0 Å². The fourth-order valence-corrected chi connectivity index (χ4v) is 5.44. The molecule has 1 rings (SSSR count). The molecule has 0 aliphatic carbocycles.